The summed E-state index contributed by atoms with van der Waals surface area (Å²) in [6, 6.07) is 12.1. The van der Waals surface area contributed by atoms with E-state index in [1.165, 1.54) is 61.1 Å². The van der Waals surface area contributed by atoms with Gasteiger partial charge in [0.15, 0.2) is 0 Å². The van der Waals surface area contributed by atoms with Gasteiger partial charge in [0.2, 0.25) is 5.91 Å². The number of rotatable bonds is 6. The van der Waals surface area contributed by atoms with Gasteiger partial charge in [-0.15, -0.1) is 0 Å². The highest BCUT2D eigenvalue weighted by molar-refractivity contribution is 6.42. The Balaban J connectivity index is 1.05. The Morgan fingerprint density at radius 3 is 2.49 bits per heavy atom. The molecule has 2 aliphatic rings. The zero-order chi connectivity index (χ0) is 25.9. The molecule has 0 bridgehead atoms. The van der Waals surface area contributed by atoms with Gasteiger partial charge in [-0.1, -0.05) is 47.5 Å². The summed E-state index contributed by atoms with van der Waals surface area (Å²) in [5, 5.41) is 2.45. The van der Waals surface area contributed by atoms with E-state index in [1.807, 2.05) is 17.0 Å². The maximum Gasteiger partial charge on any atom is 0.246 e. The SMILES string of the molecule is Cc1[nH]c2c(C)cccc2c1C1CCN(CCC2CCN(C(=O)/C=C/c3ccc(Cl)c(Cl)c3)CC2)CC1. The number of fused-ring (bicyclic) bond motifs is 1. The number of carbonyl (C=O) groups excluding carboxylic acids is 1. The number of aromatic nitrogens is 1. The van der Waals surface area contributed by atoms with Crippen molar-refractivity contribution in [2.75, 3.05) is 32.7 Å². The van der Waals surface area contributed by atoms with Gasteiger partial charge in [0, 0.05) is 35.8 Å². The van der Waals surface area contributed by atoms with Crippen LogP contribution in [0.2, 0.25) is 10.0 Å². The predicted molar refractivity (Wildman–Crippen MR) is 156 cm³/mol. The first kappa shape index (κ1) is 26.3. The summed E-state index contributed by atoms with van der Waals surface area (Å²) in [4.78, 5) is 20.9. The molecule has 196 valence electrons. The lowest BCUT2D eigenvalue weighted by molar-refractivity contribution is -0.127. The number of carbonyl (C=O) groups is 1. The van der Waals surface area contributed by atoms with Crippen molar-refractivity contribution in [1.29, 1.82) is 0 Å². The number of piperidine rings is 2. The summed E-state index contributed by atoms with van der Waals surface area (Å²) in [7, 11) is 0. The summed E-state index contributed by atoms with van der Waals surface area (Å²) in [6.07, 6.45) is 9.37. The monoisotopic (exact) mass is 537 g/mol. The number of benzene rings is 2. The molecule has 3 aromatic rings. The first-order valence-corrected chi connectivity index (χ1v) is 14.4. The summed E-state index contributed by atoms with van der Waals surface area (Å²) in [5.74, 6) is 1.44. The number of nitrogens with zero attached hydrogens (tertiary/aromatic N) is 2. The van der Waals surface area contributed by atoms with Crippen LogP contribution in [0.5, 0.6) is 0 Å². The summed E-state index contributed by atoms with van der Waals surface area (Å²) < 4.78 is 0. The predicted octanol–water partition coefficient (Wildman–Crippen LogP) is 7.61. The molecule has 0 spiro atoms. The van der Waals surface area contributed by atoms with Crippen LogP contribution in [0.4, 0.5) is 0 Å². The van der Waals surface area contributed by atoms with Crippen LogP contribution < -0.4 is 0 Å². The number of likely N-dealkylation sites (tertiary alicyclic amines) is 2. The molecule has 6 heteroatoms. The van der Waals surface area contributed by atoms with E-state index < -0.39 is 0 Å². The van der Waals surface area contributed by atoms with Gasteiger partial charge in [-0.3, -0.25) is 4.79 Å². The average Bonchev–Trinajstić information content (AvgIpc) is 3.25. The number of amides is 1. The minimum atomic E-state index is 0.0781. The standard InChI is InChI=1S/C31H37Cl2N3O/c1-21-4-3-5-26-30(22(2)34-31(21)26)25-13-16-35(17-14-25)15-10-23-11-18-36(19-12-23)29(37)9-7-24-6-8-27(32)28(33)20-24/h3-9,20,23,25,34H,10-19H2,1-2H3/b9-7+. The van der Waals surface area contributed by atoms with Crippen LogP contribution in [0.1, 0.15) is 60.4 Å². The third kappa shape index (κ3) is 6.08. The van der Waals surface area contributed by atoms with Gasteiger partial charge in [-0.05, 0) is 112 Å². The highest BCUT2D eigenvalue weighted by atomic mass is 35.5. The molecule has 2 saturated heterocycles. The Bertz CT molecular complexity index is 1280. The van der Waals surface area contributed by atoms with Crippen LogP contribution >= 0.6 is 23.2 Å². The fraction of sp³-hybridized carbons (Fsp3) is 0.452. The Kier molecular flexibility index (Phi) is 8.28. The molecular weight excluding hydrogens is 501 g/mol. The average molecular weight is 539 g/mol. The summed E-state index contributed by atoms with van der Waals surface area (Å²) in [5.41, 5.74) is 6.42. The minimum Gasteiger partial charge on any atom is -0.358 e. The Morgan fingerprint density at radius 2 is 1.76 bits per heavy atom. The van der Waals surface area contributed by atoms with Crippen LogP contribution in [0.25, 0.3) is 17.0 Å². The second-order valence-electron chi connectivity index (χ2n) is 10.8. The number of nitrogens with one attached hydrogen (secondary N) is 1. The van der Waals surface area contributed by atoms with Crippen molar-refractivity contribution in [3.63, 3.8) is 0 Å². The first-order valence-electron chi connectivity index (χ1n) is 13.6. The number of aromatic amines is 1. The molecule has 5 rings (SSSR count). The molecule has 1 aromatic heterocycles. The van der Waals surface area contributed by atoms with E-state index in [0.717, 1.165) is 31.5 Å². The van der Waals surface area contributed by atoms with Crippen molar-refractivity contribution in [2.24, 2.45) is 5.92 Å². The fourth-order valence-corrected chi connectivity index (χ4v) is 6.49. The van der Waals surface area contributed by atoms with E-state index in [1.54, 1.807) is 23.8 Å². The molecule has 0 unspecified atom stereocenters. The maximum absolute atomic E-state index is 12.7. The highest BCUT2D eigenvalue weighted by Gasteiger charge is 2.26. The number of para-hydroxylation sites is 1. The normalized spacial score (nSPS) is 18.3. The number of halogens is 2. The first-order chi connectivity index (χ1) is 17.9. The van der Waals surface area contributed by atoms with E-state index in [-0.39, 0.29) is 5.91 Å². The van der Waals surface area contributed by atoms with Crippen molar-refractivity contribution < 1.29 is 4.79 Å². The largest absolute Gasteiger partial charge is 0.358 e. The Hall–Kier alpha value is -2.27. The molecule has 0 atom stereocenters. The second kappa shape index (κ2) is 11.6. The molecule has 37 heavy (non-hydrogen) atoms. The number of H-pyrrole nitrogens is 1. The van der Waals surface area contributed by atoms with Gasteiger partial charge in [-0.2, -0.15) is 0 Å². The molecule has 1 N–H and O–H groups in total. The molecule has 3 heterocycles. The lowest BCUT2D eigenvalue weighted by Gasteiger charge is -2.35. The minimum absolute atomic E-state index is 0.0781. The fourth-order valence-electron chi connectivity index (χ4n) is 6.18. The van der Waals surface area contributed by atoms with Gasteiger partial charge in [0.1, 0.15) is 0 Å². The van der Waals surface area contributed by atoms with E-state index >= 15 is 0 Å². The zero-order valence-electron chi connectivity index (χ0n) is 21.9. The van der Waals surface area contributed by atoms with Crippen molar-refractivity contribution in [3.05, 3.63) is 74.9 Å². The van der Waals surface area contributed by atoms with Gasteiger partial charge in [0.25, 0.3) is 0 Å². The molecule has 2 aromatic carbocycles. The third-order valence-electron chi connectivity index (χ3n) is 8.42. The van der Waals surface area contributed by atoms with E-state index in [2.05, 4.69) is 41.9 Å². The molecular formula is C31H37Cl2N3O. The van der Waals surface area contributed by atoms with Crippen LogP contribution in [-0.4, -0.2) is 53.4 Å². The third-order valence-corrected chi connectivity index (χ3v) is 9.16. The molecule has 4 nitrogen and oxygen atoms in total. The van der Waals surface area contributed by atoms with E-state index in [4.69, 9.17) is 23.2 Å². The molecule has 0 radical (unpaired) electrons. The van der Waals surface area contributed by atoms with Crippen LogP contribution in [0, 0.1) is 19.8 Å². The topological polar surface area (TPSA) is 39.3 Å². The second-order valence-corrected chi connectivity index (χ2v) is 11.7. The number of hydrogen-bond acceptors (Lipinski definition) is 2. The van der Waals surface area contributed by atoms with Crippen LogP contribution in [-0.2, 0) is 4.79 Å². The Labute approximate surface area is 230 Å². The molecule has 1 amide bonds. The molecule has 0 aliphatic carbocycles. The van der Waals surface area contributed by atoms with E-state index in [9.17, 15) is 4.79 Å². The van der Waals surface area contributed by atoms with Crippen molar-refractivity contribution in [2.45, 2.75) is 51.9 Å². The van der Waals surface area contributed by atoms with E-state index in [0.29, 0.717) is 21.9 Å². The zero-order valence-corrected chi connectivity index (χ0v) is 23.4. The highest BCUT2D eigenvalue weighted by Crippen LogP contribution is 2.36. The molecule has 2 aliphatic heterocycles. The van der Waals surface area contributed by atoms with Crippen LogP contribution in [0.15, 0.2) is 42.5 Å². The van der Waals surface area contributed by atoms with Crippen molar-refractivity contribution >= 4 is 46.1 Å². The number of aryl methyl sites for hydroxylation is 2. The summed E-state index contributed by atoms with van der Waals surface area (Å²) >= 11 is 12.1. The smallest absolute Gasteiger partial charge is 0.246 e. The maximum atomic E-state index is 12.7. The lowest BCUT2D eigenvalue weighted by Crippen LogP contribution is -2.39. The van der Waals surface area contributed by atoms with Crippen LogP contribution in [0.3, 0.4) is 0 Å². The van der Waals surface area contributed by atoms with Gasteiger partial charge in [-0.25, -0.2) is 0 Å². The van der Waals surface area contributed by atoms with Crippen molar-refractivity contribution in [3.8, 4) is 0 Å². The summed E-state index contributed by atoms with van der Waals surface area (Å²) in [6.45, 7) is 9.65. The van der Waals surface area contributed by atoms with Gasteiger partial charge < -0.3 is 14.8 Å². The van der Waals surface area contributed by atoms with Gasteiger partial charge >= 0.3 is 0 Å². The van der Waals surface area contributed by atoms with Gasteiger partial charge in [0.05, 0.1) is 10.0 Å². The number of hydrogen-bond donors (Lipinski definition) is 1. The van der Waals surface area contributed by atoms with Crippen molar-refractivity contribution in [1.82, 2.24) is 14.8 Å². The quantitative estimate of drug-likeness (QED) is 0.328. The molecule has 2 fully saturated rings. The molecule has 0 saturated carbocycles. The Morgan fingerprint density at radius 1 is 1.00 bits per heavy atom. The lowest BCUT2D eigenvalue weighted by atomic mass is 9.87.